The van der Waals surface area contributed by atoms with Crippen LogP contribution in [0, 0.1) is 17.2 Å². The van der Waals surface area contributed by atoms with Crippen molar-refractivity contribution < 1.29 is 4.79 Å². The summed E-state index contributed by atoms with van der Waals surface area (Å²) in [6, 6.07) is 10.0. The molecule has 1 aromatic heterocycles. The molecule has 0 bridgehead atoms. The van der Waals surface area contributed by atoms with Crippen molar-refractivity contribution in [1.29, 1.82) is 5.26 Å². The van der Waals surface area contributed by atoms with Crippen LogP contribution in [0.2, 0.25) is 0 Å². The molecular formula is C17H22N4O. The SMILES string of the molecule is CCc1nc2ccccc2n1CC(=O)N(CC)C[C@@H](C)C#N. The van der Waals surface area contributed by atoms with Crippen LogP contribution in [0.1, 0.15) is 26.6 Å². The van der Waals surface area contributed by atoms with Crippen LogP contribution in [0.15, 0.2) is 24.3 Å². The first-order valence-electron chi connectivity index (χ1n) is 7.72. The molecule has 5 nitrogen and oxygen atoms in total. The van der Waals surface area contributed by atoms with E-state index in [1.54, 1.807) is 4.90 Å². The highest BCUT2D eigenvalue weighted by Gasteiger charge is 2.18. The van der Waals surface area contributed by atoms with Gasteiger partial charge in [0.15, 0.2) is 0 Å². The largest absolute Gasteiger partial charge is 0.340 e. The van der Waals surface area contributed by atoms with Gasteiger partial charge in [-0.1, -0.05) is 19.1 Å². The quantitative estimate of drug-likeness (QED) is 0.823. The van der Waals surface area contributed by atoms with Gasteiger partial charge in [-0.15, -0.1) is 0 Å². The van der Waals surface area contributed by atoms with Crippen molar-refractivity contribution in [2.75, 3.05) is 13.1 Å². The molecule has 116 valence electrons. The highest BCUT2D eigenvalue weighted by Crippen LogP contribution is 2.17. The molecule has 0 spiro atoms. The fourth-order valence-corrected chi connectivity index (χ4v) is 2.59. The van der Waals surface area contributed by atoms with Gasteiger partial charge in [-0.05, 0) is 26.0 Å². The van der Waals surface area contributed by atoms with Crippen molar-refractivity contribution in [2.24, 2.45) is 5.92 Å². The Morgan fingerprint density at radius 3 is 2.77 bits per heavy atom. The van der Waals surface area contributed by atoms with Crippen molar-refractivity contribution in [2.45, 2.75) is 33.7 Å². The topological polar surface area (TPSA) is 61.9 Å². The average Bonchev–Trinajstić information content (AvgIpc) is 2.90. The van der Waals surface area contributed by atoms with E-state index in [0.717, 1.165) is 23.3 Å². The van der Waals surface area contributed by atoms with Crippen LogP contribution in [-0.4, -0.2) is 33.4 Å². The standard InChI is InChI=1S/C17H22N4O/c1-4-16-19-14-8-6-7-9-15(14)21(16)12-17(22)20(5-2)11-13(3)10-18/h6-9,13H,4-5,11-12H2,1-3H3/t13-/m0/s1. The molecule has 2 aromatic rings. The summed E-state index contributed by atoms with van der Waals surface area (Å²) >= 11 is 0. The lowest BCUT2D eigenvalue weighted by Gasteiger charge is -2.22. The molecule has 0 aliphatic heterocycles. The van der Waals surface area contributed by atoms with Crippen molar-refractivity contribution >= 4 is 16.9 Å². The first-order chi connectivity index (χ1) is 10.6. The van der Waals surface area contributed by atoms with Crippen molar-refractivity contribution in [3.63, 3.8) is 0 Å². The molecule has 0 radical (unpaired) electrons. The molecule has 1 aromatic carbocycles. The van der Waals surface area contributed by atoms with Crippen LogP contribution in [-0.2, 0) is 17.8 Å². The Balaban J connectivity index is 2.26. The normalized spacial score (nSPS) is 12.1. The molecule has 1 atom stereocenters. The second kappa shape index (κ2) is 7.08. The fraction of sp³-hybridized carbons (Fsp3) is 0.471. The third kappa shape index (κ3) is 3.28. The molecule has 22 heavy (non-hydrogen) atoms. The average molecular weight is 298 g/mol. The molecule has 0 saturated carbocycles. The first-order valence-corrected chi connectivity index (χ1v) is 7.72. The van der Waals surface area contributed by atoms with Gasteiger partial charge in [-0.3, -0.25) is 4.79 Å². The summed E-state index contributed by atoms with van der Waals surface area (Å²) in [5, 5.41) is 8.94. The van der Waals surface area contributed by atoms with Gasteiger partial charge < -0.3 is 9.47 Å². The van der Waals surface area contributed by atoms with Crippen LogP contribution in [0.25, 0.3) is 11.0 Å². The number of para-hydroxylation sites is 2. The van der Waals surface area contributed by atoms with E-state index in [9.17, 15) is 4.79 Å². The summed E-state index contributed by atoms with van der Waals surface area (Å²) in [5.74, 6) is 0.787. The number of imidazole rings is 1. The lowest BCUT2D eigenvalue weighted by molar-refractivity contribution is -0.132. The highest BCUT2D eigenvalue weighted by molar-refractivity contribution is 5.81. The number of fused-ring (bicyclic) bond motifs is 1. The second-order valence-electron chi connectivity index (χ2n) is 5.42. The number of hydrogen-bond acceptors (Lipinski definition) is 3. The lowest BCUT2D eigenvalue weighted by atomic mass is 10.2. The summed E-state index contributed by atoms with van der Waals surface area (Å²) in [4.78, 5) is 18.9. The van der Waals surface area contributed by atoms with Gasteiger partial charge in [-0.25, -0.2) is 4.98 Å². The maximum atomic E-state index is 12.6. The molecule has 0 N–H and O–H groups in total. The number of carbonyl (C=O) groups is 1. The zero-order chi connectivity index (χ0) is 16.1. The van der Waals surface area contributed by atoms with Crippen LogP contribution in [0.5, 0.6) is 0 Å². The van der Waals surface area contributed by atoms with E-state index in [4.69, 9.17) is 5.26 Å². The van der Waals surface area contributed by atoms with Crippen LogP contribution in [0.3, 0.4) is 0 Å². The molecular weight excluding hydrogens is 276 g/mol. The number of nitriles is 1. The number of aryl methyl sites for hydroxylation is 1. The Labute approximate surface area is 131 Å². The molecule has 1 amide bonds. The van der Waals surface area contributed by atoms with E-state index >= 15 is 0 Å². The minimum absolute atomic E-state index is 0.0300. The maximum Gasteiger partial charge on any atom is 0.242 e. The number of hydrogen-bond donors (Lipinski definition) is 0. The minimum Gasteiger partial charge on any atom is -0.340 e. The van der Waals surface area contributed by atoms with Crippen molar-refractivity contribution in [3.8, 4) is 6.07 Å². The Morgan fingerprint density at radius 1 is 1.41 bits per heavy atom. The van der Waals surface area contributed by atoms with Crippen molar-refractivity contribution in [3.05, 3.63) is 30.1 Å². The molecule has 0 aliphatic rings. The number of carbonyl (C=O) groups excluding carboxylic acids is 1. The number of benzene rings is 1. The first kappa shape index (κ1) is 16.0. The minimum atomic E-state index is -0.158. The Bertz CT molecular complexity index is 698. The van der Waals surface area contributed by atoms with Gasteiger partial charge in [0.05, 0.1) is 23.0 Å². The summed E-state index contributed by atoms with van der Waals surface area (Å²) in [5.41, 5.74) is 1.90. The smallest absolute Gasteiger partial charge is 0.242 e. The van der Waals surface area contributed by atoms with E-state index in [1.165, 1.54) is 0 Å². The number of likely N-dealkylation sites (N-methyl/N-ethyl adjacent to an activating group) is 1. The zero-order valence-corrected chi connectivity index (χ0v) is 13.4. The van der Waals surface area contributed by atoms with Gasteiger partial charge in [0.1, 0.15) is 12.4 Å². The zero-order valence-electron chi connectivity index (χ0n) is 13.4. The molecule has 2 rings (SSSR count). The molecule has 0 unspecified atom stereocenters. The number of rotatable bonds is 6. The second-order valence-corrected chi connectivity index (χ2v) is 5.42. The number of aromatic nitrogens is 2. The predicted octanol–water partition coefficient (Wildman–Crippen LogP) is 2.61. The Hall–Kier alpha value is -2.35. The summed E-state index contributed by atoms with van der Waals surface area (Å²) < 4.78 is 1.98. The molecule has 0 saturated heterocycles. The third-order valence-electron chi connectivity index (χ3n) is 3.79. The fourth-order valence-electron chi connectivity index (χ4n) is 2.59. The van der Waals surface area contributed by atoms with Crippen LogP contribution < -0.4 is 0 Å². The lowest BCUT2D eigenvalue weighted by Crippen LogP contribution is -2.36. The molecule has 0 aliphatic carbocycles. The van der Waals surface area contributed by atoms with E-state index in [-0.39, 0.29) is 18.4 Å². The van der Waals surface area contributed by atoms with E-state index < -0.39 is 0 Å². The Kier molecular flexibility index (Phi) is 5.16. The molecule has 0 fully saturated rings. The van der Waals surface area contributed by atoms with Gasteiger partial charge in [0.25, 0.3) is 0 Å². The van der Waals surface area contributed by atoms with Crippen molar-refractivity contribution in [1.82, 2.24) is 14.5 Å². The van der Waals surface area contributed by atoms with Crippen LogP contribution >= 0.6 is 0 Å². The highest BCUT2D eigenvalue weighted by atomic mass is 16.2. The van der Waals surface area contributed by atoms with Gasteiger partial charge in [-0.2, -0.15) is 5.26 Å². The number of nitrogens with zero attached hydrogens (tertiary/aromatic N) is 4. The van der Waals surface area contributed by atoms with Crippen LogP contribution in [0.4, 0.5) is 0 Å². The summed E-state index contributed by atoms with van der Waals surface area (Å²) in [6.45, 7) is 7.17. The maximum absolute atomic E-state index is 12.6. The predicted molar refractivity (Wildman–Crippen MR) is 86.1 cm³/mol. The summed E-state index contributed by atoms with van der Waals surface area (Å²) in [6.07, 6.45) is 0.780. The van der Waals surface area contributed by atoms with E-state index in [2.05, 4.69) is 11.1 Å². The van der Waals surface area contributed by atoms with Gasteiger partial charge in [0, 0.05) is 19.5 Å². The summed E-state index contributed by atoms with van der Waals surface area (Å²) in [7, 11) is 0. The van der Waals surface area contributed by atoms with Gasteiger partial charge >= 0.3 is 0 Å². The van der Waals surface area contributed by atoms with E-state index in [1.807, 2.05) is 49.6 Å². The monoisotopic (exact) mass is 298 g/mol. The molecule has 1 heterocycles. The van der Waals surface area contributed by atoms with Gasteiger partial charge in [0.2, 0.25) is 5.91 Å². The number of amides is 1. The van der Waals surface area contributed by atoms with E-state index in [0.29, 0.717) is 13.1 Å². The molecule has 5 heteroatoms. The third-order valence-corrected chi connectivity index (χ3v) is 3.79. The Morgan fingerprint density at radius 2 is 2.14 bits per heavy atom.